The summed E-state index contributed by atoms with van der Waals surface area (Å²) >= 11 is 6.33. The zero-order valence-electron chi connectivity index (χ0n) is 12.2. The zero-order chi connectivity index (χ0) is 14.5. The Hall–Kier alpha value is -1.28. The first-order valence-corrected chi connectivity index (χ1v) is 7.48. The number of ketones is 1. The van der Waals surface area contributed by atoms with Gasteiger partial charge in [-0.05, 0) is 36.3 Å². The number of anilines is 1. The molecule has 2 bridgehead atoms. The van der Waals surface area contributed by atoms with Gasteiger partial charge in [0.25, 0.3) is 0 Å². The molecule has 0 radical (unpaired) electrons. The van der Waals surface area contributed by atoms with Crippen molar-refractivity contribution in [2.75, 3.05) is 4.42 Å². The van der Waals surface area contributed by atoms with Crippen molar-refractivity contribution in [3.63, 3.8) is 0 Å². The average molecular weight is 290 g/mol. The van der Waals surface area contributed by atoms with Gasteiger partial charge in [0.05, 0.1) is 5.69 Å². The minimum Gasteiger partial charge on any atom is -0.294 e. The van der Waals surface area contributed by atoms with Gasteiger partial charge in [-0.2, -0.15) is 0 Å². The number of hydrogen-bond acceptors (Lipinski definition) is 2. The Kier molecular flexibility index (Phi) is 2.98. The van der Waals surface area contributed by atoms with Gasteiger partial charge < -0.3 is 0 Å². The molecule has 0 unspecified atom stereocenters. The van der Waals surface area contributed by atoms with E-state index in [0.717, 1.165) is 24.1 Å². The SMILES string of the molecule is CC1(C)[C@@H]2CC[C@]1(C)C(=O)C2=CN(Cl)c1ccccc1. The lowest BCUT2D eigenvalue weighted by Gasteiger charge is -2.31. The molecule has 3 heteroatoms. The topological polar surface area (TPSA) is 20.3 Å². The van der Waals surface area contributed by atoms with Crippen molar-refractivity contribution in [3.8, 4) is 0 Å². The van der Waals surface area contributed by atoms with Gasteiger partial charge in [-0.15, -0.1) is 0 Å². The van der Waals surface area contributed by atoms with E-state index < -0.39 is 0 Å². The molecule has 1 aromatic carbocycles. The lowest BCUT2D eigenvalue weighted by molar-refractivity contribution is -0.125. The van der Waals surface area contributed by atoms with E-state index in [1.54, 1.807) is 4.42 Å². The smallest absolute Gasteiger partial charge is 0.167 e. The highest BCUT2D eigenvalue weighted by molar-refractivity contribution is 6.27. The molecule has 0 N–H and O–H groups in total. The predicted octanol–water partition coefficient (Wildman–Crippen LogP) is 4.56. The van der Waals surface area contributed by atoms with Gasteiger partial charge in [0, 0.05) is 29.0 Å². The van der Waals surface area contributed by atoms with E-state index in [4.69, 9.17) is 11.8 Å². The van der Waals surface area contributed by atoms with E-state index in [9.17, 15) is 4.79 Å². The van der Waals surface area contributed by atoms with E-state index in [0.29, 0.717) is 5.92 Å². The second kappa shape index (κ2) is 4.36. The molecule has 2 nitrogen and oxygen atoms in total. The Morgan fingerprint density at radius 2 is 1.90 bits per heavy atom. The minimum absolute atomic E-state index is 0.0321. The Bertz CT molecular complexity index is 578. The number of rotatable bonds is 2. The van der Waals surface area contributed by atoms with Crippen LogP contribution in [0.25, 0.3) is 0 Å². The molecule has 2 aliphatic carbocycles. The molecule has 2 aliphatic rings. The summed E-state index contributed by atoms with van der Waals surface area (Å²) in [5, 5.41) is 0. The highest BCUT2D eigenvalue weighted by atomic mass is 35.5. The summed E-state index contributed by atoms with van der Waals surface area (Å²) in [5.74, 6) is 0.602. The molecule has 0 aromatic heterocycles. The number of benzene rings is 1. The van der Waals surface area contributed by atoms with Crippen LogP contribution in [0.1, 0.15) is 33.6 Å². The number of fused-ring (bicyclic) bond motifs is 2. The molecule has 0 aliphatic heterocycles. The second-order valence-corrected chi connectivity index (χ2v) is 7.07. The molecule has 2 atom stereocenters. The van der Waals surface area contributed by atoms with Crippen LogP contribution in [0.3, 0.4) is 0 Å². The molecule has 0 heterocycles. The summed E-state index contributed by atoms with van der Waals surface area (Å²) in [6.45, 7) is 6.53. The van der Waals surface area contributed by atoms with E-state index in [2.05, 4.69) is 20.8 Å². The molecule has 0 saturated heterocycles. The van der Waals surface area contributed by atoms with E-state index in [1.807, 2.05) is 36.5 Å². The molecular formula is C17H20ClNO. The van der Waals surface area contributed by atoms with Crippen molar-refractivity contribution in [2.24, 2.45) is 16.7 Å². The third-order valence-electron chi connectivity index (χ3n) is 5.62. The number of hydrogen-bond donors (Lipinski definition) is 0. The molecule has 0 amide bonds. The number of para-hydroxylation sites is 1. The first-order valence-electron chi connectivity index (χ1n) is 7.14. The van der Waals surface area contributed by atoms with Crippen molar-refractivity contribution < 1.29 is 4.79 Å². The Morgan fingerprint density at radius 3 is 2.45 bits per heavy atom. The molecule has 20 heavy (non-hydrogen) atoms. The largest absolute Gasteiger partial charge is 0.294 e. The third kappa shape index (κ3) is 1.67. The van der Waals surface area contributed by atoms with Crippen molar-refractivity contribution in [2.45, 2.75) is 33.6 Å². The number of allylic oxidation sites excluding steroid dienone is 1. The van der Waals surface area contributed by atoms with E-state index in [-0.39, 0.29) is 16.6 Å². The van der Waals surface area contributed by atoms with Gasteiger partial charge in [-0.1, -0.05) is 39.0 Å². The summed E-state index contributed by atoms with van der Waals surface area (Å²) < 4.78 is 1.55. The van der Waals surface area contributed by atoms with Crippen LogP contribution in [0.5, 0.6) is 0 Å². The van der Waals surface area contributed by atoms with Crippen LogP contribution in [0.2, 0.25) is 0 Å². The standard InChI is InChI=1S/C17H20ClNO/c1-16(2)14-9-10-17(16,3)15(20)13(14)11-19(18)12-7-5-4-6-8-12/h4-8,11,14H,9-10H2,1-3H3/t14-,17-/m1/s1. The number of carbonyl (C=O) groups excluding carboxylic acids is 1. The Balaban J connectivity index is 1.96. The maximum Gasteiger partial charge on any atom is 0.167 e. The number of Topliss-reactive ketones (excluding diaryl/α,β-unsaturated/α-hetero) is 1. The first-order chi connectivity index (χ1) is 9.38. The second-order valence-electron chi connectivity index (χ2n) is 6.71. The first kappa shape index (κ1) is 13.7. The van der Waals surface area contributed by atoms with Gasteiger partial charge in [-0.3, -0.25) is 9.21 Å². The lowest BCUT2D eigenvalue weighted by Crippen LogP contribution is -2.32. The van der Waals surface area contributed by atoms with Crippen LogP contribution >= 0.6 is 11.8 Å². The summed E-state index contributed by atoms with van der Waals surface area (Å²) in [7, 11) is 0. The fourth-order valence-corrected chi connectivity index (χ4v) is 4.06. The molecule has 3 rings (SSSR count). The maximum atomic E-state index is 12.7. The molecule has 106 valence electrons. The van der Waals surface area contributed by atoms with Crippen LogP contribution in [-0.4, -0.2) is 5.78 Å². The summed E-state index contributed by atoms with van der Waals surface area (Å²) in [4.78, 5) is 12.7. The normalized spacial score (nSPS) is 32.9. The summed E-state index contributed by atoms with van der Waals surface area (Å²) in [6.07, 6.45) is 3.91. The van der Waals surface area contributed by atoms with Crippen LogP contribution in [-0.2, 0) is 4.79 Å². The zero-order valence-corrected chi connectivity index (χ0v) is 12.9. The van der Waals surface area contributed by atoms with E-state index >= 15 is 0 Å². The average Bonchev–Trinajstić information content (AvgIpc) is 2.74. The van der Waals surface area contributed by atoms with Crippen molar-refractivity contribution in [1.29, 1.82) is 0 Å². The molecule has 0 spiro atoms. The van der Waals surface area contributed by atoms with Gasteiger partial charge in [0.2, 0.25) is 0 Å². The highest BCUT2D eigenvalue weighted by Gasteiger charge is 2.64. The quantitative estimate of drug-likeness (QED) is 0.588. The number of nitrogens with zero attached hydrogens (tertiary/aromatic N) is 1. The van der Waals surface area contributed by atoms with Crippen LogP contribution < -0.4 is 4.42 Å². The lowest BCUT2D eigenvalue weighted by atomic mass is 9.70. The van der Waals surface area contributed by atoms with Crippen molar-refractivity contribution in [3.05, 3.63) is 42.1 Å². The number of halogens is 1. The highest BCUT2D eigenvalue weighted by Crippen LogP contribution is 2.65. The maximum absolute atomic E-state index is 12.7. The Morgan fingerprint density at radius 1 is 1.25 bits per heavy atom. The Labute approximate surface area is 125 Å². The fraction of sp³-hybridized carbons (Fsp3) is 0.471. The predicted molar refractivity (Wildman–Crippen MR) is 82.5 cm³/mol. The number of carbonyl (C=O) groups is 1. The van der Waals surface area contributed by atoms with Crippen LogP contribution in [0, 0.1) is 16.7 Å². The molecule has 2 fully saturated rings. The van der Waals surface area contributed by atoms with Gasteiger partial charge in [0.15, 0.2) is 5.78 Å². The van der Waals surface area contributed by atoms with Gasteiger partial charge in [-0.25, -0.2) is 0 Å². The summed E-state index contributed by atoms with van der Waals surface area (Å²) in [6, 6.07) is 9.71. The van der Waals surface area contributed by atoms with E-state index in [1.165, 1.54) is 0 Å². The molecule has 2 saturated carbocycles. The third-order valence-corrected chi connectivity index (χ3v) is 5.91. The fourth-order valence-electron chi connectivity index (χ4n) is 3.84. The van der Waals surface area contributed by atoms with Gasteiger partial charge in [0.1, 0.15) is 0 Å². The minimum atomic E-state index is -0.224. The summed E-state index contributed by atoms with van der Waals surface area (Å²) in [5.41, 5.74) is 1.59. The molecular weight excluding hydrogens is 270 g/mol. The van der Waals surface area contributed by atoms with Crippen LogP contribution in [0.15, 0.2) is 42.1 Å². The van der Waals surface area contributed by atoms with Crippen molar-refractivity contribution >= 4 is 23.2 Å². The van der Waals surface area contributed by atoms with Gasteiger partial charge >= 0.3 is 0 Å². The monoisotopic (exact) mass is 289 g/mol. The van der Waals surface area contributed by atoms with Crippen LogP contribution in [0.4, 0.5) is 5.69 Å². The van der Waals surface area contributed by atoms with Crippen molar-refractivity contribution in [1.82, 2.24) is 0 Å². The molecule has 1 aromatic rings.